The lowest BCUT2D eigenvalue weighted by Gasteiger charge is -2.25. The maximum absolute atomic E-state index is 13.3. The van der Waals surface area contributed by atoms with Gasteiger partial charge in [-0.15, -0.1) is 0 Å². The number of aliphatic hydroxyl groups is 2. The summed E-state index contributed by atoms with van der Waals surface area (Å²) in [5, 5.41) is 29.2. The zero-order valence-corrected chi connectivity index (χ0v) is 15.9. The molecule has 0 radical (unpaired) electrons. The largest absolute Gasteiger partial charge is 0.395 e. The molecule has 0 aliphatic heterocycles. The predicted octanol–water partition coefficient (Wildman–Crippen LogP) is 1.13. The number of nitrogens with zero attached hydrogens (tertiary/aromatic N) is 1. The molecule has 2 rings (SSSR count). The molecular formula is C20H23FN4O4. The van der Waals surface area contributed by atoms with E-state index in [4.69, 9.17) is 11.1 Å². The molecule has 6 N–H and O–H groups in total. The van der Waals surface area contributed by atoms with Crippen molar-refractivity contribution in [2.24, 2.45) is 5.73 Å². The summed E-state index contributed by atoms with van der Waals surface area (Å²) in [4.78, 5) is 26.0. The number of hydrogen-bond donors (Lipinski definition) is 5. The first-order valence-electron chi connectivity index (χ1n) is 8.83. The summed E-state index contributed by atoms with van der Waals surface area (Å²) in [6.07, 6.45) is -2.15. The summed E-state index contributed by atoms with van der Waals surface area (Å²) in [7, 11) is 0. The predicted molar refractivity (Wildman–Crippen MR) is 107 cm³/mol. The van der Waals surface area contributed by atoms with Gasteiger partial charge in [0.2, 0.25) is 5.91 Å². The Bertz CT molecular complexity index is 902. The average molecular weight is 402 g/mol. The Morgan fingerprint density at radius 1 is 1.24 bits per heavy atom. The number of nitrogens with two attached hydrogens (primary N) is 1. The van der Waals surface area contributed by atoms with Crippen molar-refractivity contribution in [3.63, 3.8) is 0 Å². The minimum atomic E-state index is -1.63. The minimum absolute atomic E-state index is 0.0633. The molecule has 8 nitrogen and oxygen atoms in total. The van der Waals surface area contributed by atoms with Crippen LogP contribution in [-0.4, -0.2) is 47.1 Å². The van der Waals surface area contributed by atoms with E-state index < -0.39 is 30.2 Å². The van der Waals surface area contributed by atoms with Crippen molar-refractivity contribution in [2.75, 3.05) is 23.4 Å². The molecule has 154 valence electrons. The molecule has 0 heterocycles. The van der Waals surface area contributed by atoms with Crippen molar-refractivity contribution in [3.05, 3.63) is 59.4 Å². The van der Waals surface area contributed by atoms with Crippen molar-refractivity contribution >= 4 is 29.0 Å². The third-order valence-corrected chi connectivity index (χ3v) is 4.21. The molecule has 0 saturated carbocycles. The number of aryl methyl sites for hydroxylation is 1. The molecule has 2 aromatic rings. The van der Waals surface area contributed by atoms with Crippen molar-refractivity contribution in [1.82, 2.24) is 0 Å². The summed E-state index contributed by atoms with van der Waals surface area (Å²) in [6, 6.07) is 9.95. The van der Waals surface area contributed by atoms with Crippen molar-refractivity contribution in [2.45, 2.75) is 19.4 Å². The van der Waals surface area contributed by atoms with Gasteiger partial charge in [-0.1, -0.05) is 0 Å². The maximum atomic E-state index is 13.3. The Morgan fingerprint density at radius 2 is 1.90 bits per heavy atom. The molecule has 0 saturated heterocycles. The number of nitrogens with one attached hydrogen (secondary N) is 2. The number of halogens is 1. The summed E-state index contributed by atoms with van der Waals surface area (Å²) in [5.41, 5.74) is 7.08. The van der Waals surface area contributed by atoms with E-state index in [1.54, 1.807) is 6.92 Å². The molecule has 0 bridgehead atoms. The molecule has 9 heteroatoms. The Balaban J connectivity index is 2.06. The second-order valence-electron chi connectivity index (χ2n) is 6.40. The zero-order valence-electron chi connectivity index (χ0n) is 15.9. The number of carbonyl (C=O) groups is 2. The maximum Gasteiger partial charge on any atom is 0.253 e. The SMILES string of the molecule is Cc1cc(F)ccc1N(CCO)C(=O)CC(O)C(=O)Nc1ccc(C(=N)N)cc1. The lowest BCUT2D eigenvalue weighted by molar-refractivity contribution is -0.129. The van der Waals surface area contributed by atoms with Gasteiger partial charge in [0.05, 0.1) is 13.0 Å². The molecule has 29 heavy (non-hydrogen) atoms. The molecule has 1 atom stereocenters. The Kier molecular flexibility index (Phi) is 7.40. The normalized spacial score (nSPS) is 11.6. The van der Waals surface area contributed by atoms with Gasteiger partial charge in [0, 0.05) is 23.5 Å². The topological polar surface area (TPSA) is 140 Å². The van der Waals surface area contributed by atoms with Gasteiger partial charge in [0.25, 0.3) is 5.91 Å². The fraction of sp³-hybridized carbons (Fsp3) is 0.250. The fourth-order valence-electron chi connectivity index (χ4n) is 2.73. The van der Waals surface area contributed by atoms with Crippen LogP contribution in [0, 0.1) is 18.2 Å². The van der Waals surface area contributed by atoms with Gasteiger partial charge >= 0.3 is 0 Å². The van der Waals surface area contributed by atoms with Crippen molar-refractivity contribution in [3.8, 4) is 0 Å². The molecule has 0 spiro atoms. The Hall–Kier alpha value is -3.30. The van der Waals surface area contributed by atoms with Gasteiger partial charge in [-0.3, -0.25) is 15.0 Å². The quantitative estimate of drug-likeness (QED) is 0.333. The van der Waals surface area contributed by atoms with Crippen LogP contribution in [0.4, 0.5) is 15.8 Å². The number of aliphatic hydroxyl groups excluding tert-OH is 2. The van der Waals surface area contributed by atoms with Crippen LogP contribution < -0.4 is 16.0 Å². The van der Waals surface area contributed by atoms with E-state index in [0.29, 0.717) is 22.5 Å². The van der Waals surface area contributed by atoms with Crippen LogP contribution in [0.2, 0.25) is 0 Å². The second kappa shape index (κ2) is 9.76. The standard InChI is InChI=1S/C20H23FN4O4/c1-12-10-14(21)4-7-16(12)25(8-9-26)18(28)11-17(27)20(29)24-15-5-2-13(3-6-15)19(22)23/h2-7,10,17,26-27H,8-9,11H2,1H3,(H3,22,23)(H,24,29). The van der Waals surface area contributed by atoms with E-state index in [9.17, 15) is 24.2 Å². The van der Waals surface area contributed by atoms with Crippen molar-refractivity contribution in [1.29, 1.82) is 5.41 Å². The molecule has 0 fully saturated rings. The van der Waals surface area contributed by atoms with E-state index in [-0.39, 0.29) is 19.0 Å². The highest BCUT2D eigenvalue weighted by Gasteiger charge is 2.24. The zero-order chi connectivity index (χ0) is 21.6. The number of benzene rings is 2. The number of nitrogen functional groups attached to an aromatic ring is 1. The number of hydrogen-bond acceptors (Lipinski definition) is 5. The van der Waals surface area contributed by atoms with Crippen LogP contribution in [0.25, 0.3) is 0 Å². The Morgan fingerprint density at radius 3 is 2.45 bits per heavy atom. The molecule has 0 aromatic heterocycles. The van der Waals surface area contributed by atoms with E-state index in [1.165, 1.54) is 47.4 Å². The second-order valence-corrected chi connectivity index (χ2v) is 6.40. The van der Waals surface area contributed by atoms with Gasteiger partial charge in [0.1, 0.15) is 17.8 Å². The first kappa shape index (κ1) is 22.0. The fourth-order valence-corrected chi connectivity index (χ4v) is 2.73. The highest BCUT2D eigenvalue weighted by Crippen LogP contribution is 2.22. The van der Waals surface area contributed by atoms with E-state index in [1.807, 2.05) is 0 Å². The van der Waals surface area contributed by atoms with Crippen LogP contribution in [0.3, 0.4) is 0 Å². The lowest BCUT2D eigenvalue weighted by atomic mass is 10.1. The van der Waals surface area contributed by atoms with Crippen LogP contribution in [-0.2, 0) is 9.59 Å². The van der Waals surface area contributed by atoms with Gasteiger partial charge in [-0.2, -0.15) is 0 Å². The van der Waals surface area contributed by atoms with Crippen LogP contribution >= 0.6 is 0 Å². The first-order valence-corrected chi connectivity index (χ1v) is 8.83. The van der Waals surface area contributed by atoms with Gasteiger partial charge in [0.15, 0.2) is 0 Å². The van der Waals surface area contributed by atoms with E-state index in [2.05, 4.69) is 5.32 Å². The minimum Gasteiger partial charge on any atom is -0.395 e. The molecule has 0 aliphatic rings. The lowest BCUT2D eigenvalue weighted by Crippen LogP contribution is -2.39. The monoisotopic (exact) mass is 402 g/mol. The summed E-state index contributed by atoms with van der Waals surface area (Å²) in [5.74, 6) is -1.96. The third kappa shape index (κ3) is 5.84. The molecule has 2 aromatic carbocycles. The molecule has 2 amide bonds. The molecule has 0 aliphatic carbocycles. The smallest absolute Gasteiger partial charge is 0.253 e. The van der Waals surface area contributed by atoms with Gasteiger partial charge < -0.3 is 26.2 Å². The van der Waals surface area contributed by atoms with Crippen molar-refractivity contribution < 1.29 is 24.2 Å². The number of rotatable bonds is 8. The highest BCUT2D eigenvalue weighted by molar-refractivity contribution is 6.01. The van der Waals surface area contributed by atoms with Crippen LogP contribution in [0.5, 0.6) is 0 Å². The van der Waals surface area contributed by atoms with E-state index in [0.717, 1.165) is 0 Å². The van der Waals surface area contributed by atoms with Crippen LogP contribution in [0.15, 0.2) is 42.5 Å². The number of amidine groups is 1. The summed E-state index contributed by atoms with van der Waals surface area (Å²) >= 11 is 0. The van der Waals surface area contributed by atoms with Crippen LogP contribution in [0.1, 0.15) is 17.5 Å². The average Bonchev–Trinajstić information content (AvgIpc) is 2.67. The first-order chi connectivity index (χ1) is 13.7. The number of anilines is 2. The number of amides is 2. The highest BCUT2D eigenvalue weighted by atomic mass is 19.1. The molecule has 1 unspecified atom stereocenters. The van der Waals surface area contributed by atoms with Gasteiger partial charge in [-0.25, -0.2) is 4.39 Å². The van der Waals surface area contributed by atoms with E-state index >= 15 is 0 Å². The summed E-state index contributed by atoms with van der Waals surface area (Å²) in [6.45, 7) is 1.21. The third-order valence-electron chi connectivity index (χ3n) is 4.21. The summed E-state index contributed by atoms with van der Waals surface area (Å²) < 4.78 is 13.3. The molecular weight excluding hydrogens is 379 g/mol. The Labute approximate surface area is 167 Å². The van der Waals surface area contributed by atoms with Gasteiger partial charge in [-0.05, 0) is 55.0 Å². The number of carbonyl (C=O) groups excluding carboxylic acids is 2.